The standard InChI is InChI=1S/C28H40N2.Ni/c1-5-7-9-10-11-15-19-28(29-25-16-13-12-14-17-25)27(18-8-6-2)30-26-21-23(3)20-24(4)22-26;/h12-14,16-17,20-22H,5-11,15,18-19H2,1-4H3;/b29-28+,30-27+;. The molecular weight excluding hydrogens is 423 g/mol. The third kappa shape index (κ3) is 10.9. The summed E-state index contributed by atoms with van der Waals surface area (Å²) in [4.78, 5) is 10.2. The van der Waals surface area contributed by atoms with Gasteiger partial charge in [0.25, 0.3) is 0 Å². The number of aliphatic imine (C=N–C) groups is 2. The largest absolute Gasteiger partial charge is 0.252 e. The first-order valence-corrected chi connectivity index (χ1v) is 11.9. The number of unbranched alkanes of at least 4 members (excludes halogenated alkanes) is 6. The molecule has 0 saturated carbocycles. The molecule has 172 valence electrons. The quantitative estimate of drug-likeness (QED) is 0.161. The van der Waals surface area contributed by atoms with Crippen molar-refractivity contribution >= 4 is 22.8 Å². The van der Waals surface area contributed by atoms with Crippen molar-refractivity contribution in [2.75, 3.05) is 0 Å². The molecule has 0 heterocycles. The normalized spacial score (nSPS) is 12.0. The molecular formula is C28H40N2Ni. The van der Waals surface area contributed by atoms with E-state index in [0.717, 1.165) is 30.6 Å². The van der Waals surface area contributed by atoms with Crippen LogP contribution in [0.1, 0.15) is 89.2 Å². The Morgan fingerprint density at radius 1 is 0.613 bits per heavy atom. The molecule has 0 aliphatic carbocycles. The maximum Gasteiger partial charge on any atom is 0.0639 e. The second-order valence-corrected chi connectivity index (χ2v) is 8.42. The topological polar surface area (TPSA) is 24.7 Å². The van der Waals surface area contributed by atoms with E-state index >= 15 is 0 Å². The van der Waals surface area contributed by atoms with Crippen molar-refractivity contribution in [2.45, 2.75) is 91.9 Å². The zero-order valence-electron chi connectivity index (χ0n) is 19.9. The SMILES string of the molecule is CCCCCCCCC(=N\c1ccccc1)/C(CCCC)=N/c1cc(C)cc(C)c1.[Ni]. The molecule has 0 N–H and O–H groups in total. The van der Waals surface area contributed by atoms with Crippen LogP contribution in [0.4, 0.5) is 11.4 Å². The van der Waals surface area contributed by atoms with Gasteiger partial charge in [0.1, 0.15) is 0 Å². The van der Waals surface area contributed by atoms with E-state index < -0.39 is 0 Å². The van der Waals surface area contributed by atoms with Gasteiger partial charge in [-0.1, -0.05) is 76.6 Å². The van der Waals surface area contributed by atoms with Gasteiger partial charge in [-0.05, 0) is 74.9 Å². The van der Waals surface area contributed by atoms with Gasteiger partial charge < -0.3 is 0 Å². The number of aryl methyl sites for hydroxylation is 2. The van der Waals surface area contributed by atoms with Crippen molar-refractivity contribution in [3.05, 3.63) is 59.7 Å². The zero-order chi connectivity index (χ0) is 21.6. The summed E-state index contributed by atoms with van der Waals surface area (Å²) in [5, 5.41) is 0. The minimum atomic E-state index is 0. The second-order valence-electron chi connectivity index (χ2n) is 8.42. The van der Waals surface area contributed by atoms with Gasteiger partial charge in [-0.2, -0.15) is 0 Å². The Labute approximate surface area is 200 Å². The summed E-state index contributed by atoms with van der Waals surface area (Å²) in [6.07, 6.45) is 12.1. The molecule has 0 radical (unpaired) electrons. The molecule has 0 saturated heterocycles. The van der Waals surface area contributed by atoms with Gasteiger partial charge in [-0.25, -0.2) is 0 Å². The number of rotatable bonds is 13. The Bertz CT molecular complexity index is 789. The van der Waals surface area contributed by atoms with Crippen LogP contribution in [0.15, 0.2) is 58.5 Å². The summed E-state index contributed by atoms with van der Waals surface area (Å²) in [7, 11) is 0. The van der Waals surface area contributed by atoms with E-state index in [1.165, 1.54) is 67.5 Å². The smallest absolute Gasteiger partial charge is 0.0639 e. The zero-order valence-corrected chi connectivity index (χ0v) is 20.9. The third-order valence-corrected chi connectivity index (χ3v) is 5.36. The fraction of sp³-hybridized carbons (Fsp3) is 0.500. The summed E-state index contributed by atoms with van der Waals surface area (Å²) in [6, 6.07) is 16.9. The van der Waals surface area contributed by atoms with Crippen LogP contribution in [0.3, 0.4) is 0 Å². The van der Waals surface area contributed by atoms with Gasteiger partial charge in [0.2, 0.25) is 0 Å². The third-order valence-electron chi connectivity index (χ3n) is 5.36. The van der Waals surface area contributed by atoms with Gasteiger partial charge in [-0.15, -0.1) is 0 Å². The maximum atomic E-state index is 5.13. The summed E-state index contributed by atoms with van der Waals surface area (Å²) in [5.41, 5.74) is 6.95. The average Bonchev–Trinajstić information content (AvgIpc) is 2.73. The molecule has 2 nitrogen and oxygen atoms in total. The Hall–Kier alpha value is -1.73. The van der Waals surface area contributed by atoms with E-state index in [9.17, 15) is 0 Å². The first-order chi connectivity index (χ1) is 14.6. The average molecular weight is 463 g/mol. The number of hydrogen-bond acceptors (Lipinski definition) is 2. The fourth-order valence-corrected chi connectivity index (χ4v) is 3.78. The predicted octanol–water partition coefficient (Wildman–Crippen LogP) is 9.09. The van der Waals surface area contributed by atoms with E-state index in [-0.39, 0.29) is 16.5 Å². The van der Waals surface area contributed by atoms with Crippen molar-refractivity contribution in [2.24, 2.45) is 9.98 Å². The molecule has 0 amide bonds. The van der Waals surface area contributed by atoms with Gasteiger partial charge in [0, 0.05) is 16.5 Å². The molecule has 31 heavy (non-hydrogen) atoms. The minimum absolute atomic E-state index is 0. The molecule has 2 aromatic carbocycles. The van der Waals surface area contributed by atoms with E-state index in [2.05, 4.69) is 70.2 Å². The van der Waals surface area contributed by atoms with Crippen LogP contribution >= 0.6 is 0 Å². The first-order valence-electron chi connectivity index (χ1n) is 11.9. The van der Waals surface area contributed by atoms with Crippen molar-refractivity contribution in [1.29, 1.82) is 0 Å². The van der Waals surface area contributed by atoms with Gasteiger partial charge in [0.05, 0.1) is 22.8 Å². The Balaban J connectivity index is 0.00000480. The van der Waals surface area contributed by atoms with Crippen molar-refractivity contribution in [3.63, 3.8) is 0 Å². The number of benzene rings is 2. The predicted molar refractivity (Wildman–Crippen MR) is 134 cm³/mol. The molecule has 0 aliphatic rings. The monoisotopic (exact) mass is 462 g/mol. The van der Waals surface area contributed by atoms with Crippen LogP contribution in [0, 0.1) is 13.8 Å². The molecule has 0 fully saturated rings. The second kappa shape index (κ2) is 16.0. The molecule has 0 aromatic heterocycles. The molecule has 2 rings (SSSR count). The number of para-hydroxylation sites is 1. The van der Waals surface area contributed by atoms with Crippen molar-refractivity contribution in [1.82, 2.24) is 0 Å². The molecule has 2 aromatic rings. The first kappa shape index (κ1) is 27.3. The Kier molecular flexibility index (Phi) is 14.1. The van der Waals surface area contributed by atoms with Crippen LogP contribution in [0.2, 0.25) is 0 Å². The van der Waals surface area contributed by atoms with Crippen LogP contribution in [-0.4, -0.2) is 11.4 Å². The van der Waals surface area contributed by atoms with E-state index in [0.29, 0.717) is 0 Å². The molecule has 0 spiro atoms. The number of hydrogen-bond donors (Lipinski definition) is 0. The maximum absolute atomic E-state index is 5.13. The molecule has 0 unspecified atom stereocenters. The van der Waals surface area contributed by atoms with Crippen molar-refractivity contribution < 1.29 is 16.5 Å². The van der Waals surface area contributed by atoms with Crippen LogP contribution < -0.4 is 0 Å². The van der Waals surface area contributed by atoms with Crippen molar-refractivity contribution in [3.8, 4) is 0 Å². The van der Waals surface area contributed by atoms with Gasteiger partial charge in [-0.3, -0.25) is 9.98 Å². The summed E-state index contributed by atoms with van der Waals surface area (Å²) in [5.74, 6) is 0. The van der Waals surface area contributed by atoms with Gasteiger partial charge in [0.15, 0.2) is 0 Å². The van der Waals surface area contributed by atoms with E-state index in [1.807, 2.05) is 6.07 Å². The van der Waals surface area contributed by atoms with Crippen LogP contribution in [0.25, 0.3) is 0 Å². The summed E-state index contributed by atoms with van der Waals surface area (Å²) >= 11 is 0. The summed E-state index contributed by atoms with van der Waals surface area (Å²) < 4.78 is 0. The fourth-order valence-electron chi connectivity index (χ4n) is 3.78. The van der Waals surface area contributed by atoms with Crippen LogP contribution in [0.5, 0.6) is 0 Å². The summed E-state index contributed by atoms with van der Waals surface area (Å²) in [6.45, 7) is 8.81. The Morgan fingerprint density at radius 2 is 1.13 bits per heavy atom. The molecule has 0 bridgehead atoms. The molecule has 0 atom stereocenters. The Morgan fingerprint density at radius 3 is 1.74 bits per heavy atom. The van der Waals surface area contributed by atoms with Crippen LogP contribution in [-0.2, 0) is 16.5 Å². The van der Waals surface area contributed by atoms with E-state index in [1.54, 1.807) is 0 Å². The number of nitrogens with zero attached hydrogens (tertiary/aromatic N) is 2. The van der Waals surface area contributed by atoms with Gasteiger partial charge >= 0.3 is 0 Å². The molecule has 0 aliphatic heterocycles. The van der Waals surface area contributed by atoms with E-state index in [4.69, 9.17) is 9.98 Å². The molecule has 3 heteroatoms. The minimum Gasteiger partial charge on any atom is -0.252 e.